The standard InChI is InChI=1S/C20H16Cl2FNO5S/c1-29-19-13(9-15(23)10-18(19)22)8-12-2-5-16(25)11-24(20(12)26)30(27,28)17-6-3-14(21)4-7-17/h3-4,6-10H,2,5,11H2,1H3/b12-8+. The molecule has 0 spiro atoms. The van der Waals surface area contributed by atoms with E-state index in [4.69, 9.17) is 27.9 Å². The number of nitrogens with zero attached hydrogens (tertiary/aromatic N) is 1. The van der Waals surface area contributed by atoms with E-state index in [-0.39, 0.29) is 39.6 Å². The zero-order valence-electron chi connectivity index (χ0n) is 15.7. The Morgan fingerprint density at radius 1 is 1.10 bits per heavy atom. The Morgan fingerprint density at radius 3 is 2.40 bits per heavy atom. The molecule has 0 N–H and O–H groups in total. The van der Waals surface area contributed by atoms with Crippen LogP contribution in [0.4, 0.5) is 4.39 Å². The van der Waals surface area contributed by atoms with Crippen LogP contribution < -0.4 is 4.74 Å². The molecule has 1 saturated heterocycles. The van der Waals surface area contributed by atoms with Crippen LogP contribution in [0.2, 0.25) is 10.0 Å². The Hall–Kier alpha value is -2.42. The normalized spacial score (nSPS) is 16.7. The number of amides is 1. The minimum atomic E-state index is -4.31. The average Bonchev–Trinajstić information content (AvgIpc) is 2.82. The fourth-order valence-corrected chi connectivity index (χ4v) is 4.81. The van der Waals surface area contributed by atoms with Crippen LogP contribution in [-0.2, 0) is 19.6 Å². The largest absolute Gasteiger partial charge is 0.495 e. The first-order valence-corrected chi connectivity index (χ1v) is 10.9. The molecule has 6 nitrogen and oxygen atoms in total. The third-order valence-corrected chi connectivity index (χ3v) is 6.74. The van der Waals surface area contributed by atoms with E-state index < -0.39 is 34.1 Å². The van der Waals surface area contributed by atoms with Crippen molar-refractivity contribution < 1.29 is 27.1 Å². The Balaban J connectivity index is 2.09. The Labute approximate surface area is 182 Å². The van der Waals surface area contributed by atoms with Crippen LogP contribution >= 0.6 is 23.2 Å². The topological polar surface area (TPSA) is 80.8 Å². The highest BCUT2D eigenvalue weighted by atomic mass is 35.5. The third-order valence-electron chi connectivity index (χ3n) is 4.47. The molecule has 0 atom stereocenters. The van der Waals surface area contributed by atoms with Crippen molar-refractivity contribution in [2.24, 2.45) is 0 Å². The number of carbonyl (C=O) groups is 2. The molecule has 1 aliphatic heterocycles. The molecule has 1 amide bonds. The quantitative estimate of drug-likeness (QED) is 0.626. The highest BCUT2D eigenvalue weighted by Gasteiger charge is 2.35. The van der Waals surface area contributed by atoms with Crippen molar-refractivity contribution in [1.29, 1.82) is 0 Å². The van der Waals surface area contributed by atoms with E-state index in [9.17, 15) is 22.4 Å². The summed E-state index contributed by atoms with van der Waals surface area (Å²) in [4.78, 5) is 25.1. The van der Waals surface area contributed by atoms with E-state index >= 15 is 0 Å². The number of Topliss-reactive ketones (excluding diaryl/α,β-unsaturated/α-hetero) is 1. The maximum absolute atomic E-state index is 13.8. The molecule has 158 valence electrons. The van der Waals surface area contributed by atoms with Gasteiger partial charge < -0.3 is 4.74 Å². The van der Waals surface area contributed by atoms with Crippen molar-refractivity contribution in [2.75, 3.05) is 13.7 Å². The molecule has 0 saturated carbocycles. The fourth-order valence-electron chi connectivity index (χ4n) is 3.00. The van der Waals surface area contributed by atoms with Gasteiger partial charge >= 0.3 is 0 Å². The van der Waals surface area contributed by atoms with Gasteiger partial charge in [-0.15, -0.1) is 0 Å². The number of hydrogen-bond acceptors (Lipinski definition) is 5. The summed E-state index contributed by atoms with van der Waals surface area (Å²) in [6.45, 7) is -0.595. The van der Waals surface area contributed by atoms with Crippen molar-refractivity contribution in [1.82, 2.24) is 4.31 Å². The summed E-state index contributed by atoms with van der Waals surface area (Å²) in [5, 5.41) is 0.315. The van der Waals surface area contributed by atoms with Crippen LogP contribution in [0, 0.1) is 5.82 Å². The summed E-state index contributed by atoms with van der Waals surface area (Å²) in [7, 11) is -2.98. The summed E-state index contributed by atoms with van der Waals surface area (Å²) in [5.74, 6) is -1.83. The van der Waals surface area contributed by atoms with Crippen molar-refractivity contribution in [3.63, 3.8) is 0 Å². The second-order valence-corrected chi connectivity index (χ2v) is 9.20. The Bertz CT molecular complexity index is 1150. The first-order valence-electron chi connectivity index (χ1n) is 8.71. The molecular formula is C20H16Cl2FNO5S. The molecule has 2 aromatic rings. The Morgan fingerprint density at radius 2 is 1.77 bits per heavy atom. The van der Waals surface area contributed by atoms with E-state index in [2.05, 4.69) is 0 Å². The van der Waals surface area contributed by atoms with Crippen LogP contribution in [0.25, 0.3) is 6.08 Å². The SMILES string of the molecule is COc1c(Cl)cc(F)cc1/C=C1\CCC(=O)CN(S(=O)(=O)c2ccc(Cl)cc2)C1=O. The Kier molecular flexibility index (Phi) is 6.50. The number of hydrogen-bond donors (Lipinski definition) is 0. The number of sulfonamides is 1. The van der Waals surface area contributed by atoms with Gasteiger partial charge in [0.2, 0.25) is 0 Å². The van der Waals surface area contributed by atoms with Gasteiger partial charge in [-0.05, 0) is 48.9 Å². The number of ether oxygens (including phenoxy) is 1. The monoisotopic (exact) mass is 471 g/mol. The maximum atomic E-state index is 13.8. The van der Waals surface area contributed by atoms with Crippen molar-refractivity contribution in [3.8, 4) is 5.75 Å². The van der Waals surface area contributed by atoms with Gasteiger partial charge in [0, 0.05) is 22.6 Å². The average molecular weight is 472 g/mol. The lowest BCUT2D eigenvalue weighted by Crippen LogP contribution is -2.39. The summed E-state index contributed by atoms with van der Waals surface area (Å²) >= 11 is 11.8. The van der Waals surface area contributed by atoms with Crippen LogP contribution in [0.3, 0.4) is 0 Å². The highest BCUT2D eigenvalue weighted by Crippen LogP contribution is 2.33. The lowest BCUT2D eigenvalue weighted by molar-refractivity contribution is -0.126. The van der Waals surface area contributed by atoms with E-state index in [1.807, 2.05) is 0 Å². The number of benzene rings is 2. The van der Waals surface area contributed by atoms with Crippen molar-refractivity contribution in [3.05, 3.63) is 63.4 Å². The maximum Gasteiger partial charge on any atom is 0.267 e. The van der Waals surface area contributed by atoms with Gasteiger partial charge in [0.05, 0.1) is 23.6 Å². The minimum Gasteiger partial charge on any atom is -0.495 e. The van der Waals surface area contributed by atoms with E-state index in [0.717, 1.165) is 12.1 Å². The fraction of sp³-hybridized carbons (Fsp3) is 0.200. The number of ketones is 1. The number of carbonyl (C=O) groups excluding carboxylic acids is 2. The molecule has 30 heavy (non-hydrogen) atoms. The molecule has 3 rings (SSSR count). The molecule has 1 aliphatic rings. The molecule has 2 aromatic carbocycles. The van der Waals surface area contributed by atoms with E-state index in [1.54, 1.807) is 0 Å². The smallest absolute Gasteiger partial charge is 0.267 e. The van der Waals surface area contributed by atoms with Crippen LogP contribution in [0.1, 0.15) is 18.4 Å². The minimum absolute atomic E-state index is 0.00728. The van der Waals surface area contributed by atoms with Crippen LogP contribution in [0.5, 0.6) is 5.75 Å². The highest BCUT2D eigenvalue weighted by molar-refractivity contribution is 7.89. The molecule has 0 unspecified atom stereocenters. The molecular weight excluding hydrogens is 456 g/mol. The molecule has 10 heteroatoms. The number of methoxy groups -OCH3 is 1. The van der Waals surface area contributed by atoms with Crippen LogP contribution in [-0.4, -0.2) is 38.1 Å². The predicted molar refractivity (Wildman–Crippen MR) is 111 cm³/mol. The lowest BCUT2D eigenvalue weighted by Gasteiger charge is -2.21. The predicted octanol–water partition coefficient (Wildman–Crippen LogP) is 4.10. The number of rotatable bonds is 4. The van der Waals surface area contributed by atoms with Gasteiger partial charge in [-0.25, -0.2) is 17.1 Å². The van der Waals surface area contributed by atoms with E-state index in [1.165, 1.54) is 37.5 Å². The summed E-state index contributed by atoms with van der Waals surface area (Å²) < 4.78 is 45.5. The lowest BCUT2D eigenvalue weighted by atomic mass is 10.0. The van der Waals surface area contributed by atoms with Gasteiger partial charge in [0.15, 0.2) is 5.78 Å². The van der Waals surface area contributed by atoms with Gasteiger partial charge in [0.1, 0.15) is 11.6 Å². The van der Waals surface area contributed by atoms with E-state index in [0.29, 0.717) is 9.33 Å². The van der Waals surface area contributed by atoms with Gasteiger partial charge in [-0.1, -0.05) is 23.2 Å². The van der Waals surface area contributed by atoms with Crippen molar-refractivity contribution in [2.45, 2.75) is 17.7 Å². The first-order chi connectivity index (χ1) is 14.1. The third kappa shape index (κ3) is 4.50. The zero-order valence-corrected chi connectivity index (χ0v) is 18.0. The molecule has 0 aliphatic carbocycles. The summed E-state index contributed by atoms with van der Waals surface area (Å²) in [6, 6.07) is 7.40. The van der Waals surface area contributed by atoms with Gasteiger partial charge in [-0.2, -0.15) is 0 Å². The van der Waals surface area contributed by atoms with Crippen molar-refractivity contribution >= 4 is 51.0 Å². The first kappa shape index (κ1) is 22.3. The second-order valence-electron chi connectivity index (χ2n) is 6.49. The zero-order chi connectivity index (χ0) is 22.1. The molecule has 1 heterocycles. The molecule has 0 radical (unpaired) electrons. The number of halogens is 3. The summed E-state index contributed by atoms with van der Waals surface area (Å²) in [5.41, 5.74) is 0.169. The van der Waals surface area contributed by atoms with Crippen LogP contribution in [0.15, 0.2) is 46.9 Å². The molecule has 1 fully saturated rings. The molecule has 0 aromatic heterocycles. The van der Waals surface area contributed by atoms with Gasteiger partial charge in [0.25, 0.3) is 15.9 Å². The second kappa shape index (κ2) is 8.75. The van der Waals surface area contributed by atoms with Gasteiger partial charge in [-0.3, -0.25) is 9.59 Å². The summed E-state index contributed by atoms with van der Waals surface area (Å²) in [6.07, 6.45) is 1.23. The molecule has 0 bridgehead atoms.